The standard InChI is InChI=1S/C13H21ClN2O/c1-10-8-11(14)4-5-12(10)13(9-15)16-6-2-3-7-17/h4-5,8,13,16-17H,2-3,6-7,9,15H2,1H3. The van der Waals surface area contributed by atoms with Crippen LogP contribution in [0.2, 0.25) is 5.02 Å². The van der Waals surface area contributed by atoms with Crippen LogP contribution < -0.4 is 11.1 Å². The van der Waals surface area contributed by atoms with Gasteiger partial charge in [0.2, 0.25) is 0 Å². The molecule has 0 aliphatic rings. The van der Waals surface area contributed by atoms with Crippen molar-refractivity contribution in [3.8, 4) is 0 Å². The lowest BCUT2D eigenvalue weighted by molar-refractivity contribution is 0.282. The zero-order valence-electron chi connectivity index (χ0n) is 10.2. The molecule has 0 aliphatic heterocycles. The Hall–Kier alpha value is -0.610. The van der Waals surface area contributed by atoms with Gasteiger partial charge in [-0.2, -0.15) is 0 Å². The van der Waals surface area contributed by atoms with Crippen LogP contribution in [-0.2, 0) is 0 Å². The van der Waals surface area contributed by atoms with Crippen molar-refractivity contribution in [3.63, 3.8) is 0 Å². The highest BCUT2D eigenvalue weighted by Crippen LogP contribution is 2.20. The molecule has 0 aromatic heterocycles. The van der Waals surface area contributed by atoms with Crippen LogP contribution in [-0.4, -0.2) is 24.8 Å². The molecule has 1 unspecified atom stereocenters. The lowest BCUT2D eigenvalue weighted by Gasteiger charge is -2.19. The summed E-state index contributed by atoms with van der Waals surface area (Å²) in [5.74, 6) is 0. The SMILES string of the molecule is Cc1cc(Cl)ccc1C(CN)NCCCCO. The molecule has 96 valence electrons. The molecule has 0 heterocycles. The smallest absolute Gasteiger partial charge is 0.0447 e. The molecule has 17 heavy (non-hydrogen) atoms. The minimum Gasteiger partial charge on any atom is -0.396 e. The third kappa shape index (κ3) is 4.64. The summed E-state index contributed by atoms with van der Waals surface area (Å²) in [5.41, 5.74) is 8.13. The van der Waals surface area contributed by atoms with Crippen LogP contribution in [0.3, 0.4) is 0 Å². The van der Waals surface area contributed by atoms with Gasteiger partial charge in [-0.15, -0.1) is 0 Å². The monoisotopic (exact) mass is 256 g/mol. The number of aliphatic hydroxyl groups is 1. The van der Waals surface area contributed by atoms with E-state index < -0.39 is 0 Å². The van der Waals surface area contributed by atoms with Gasteiger partial charge in [-0.05, 0) is 49.6 Å². The number of nitrogens with two attached hydrogens (primary N) is 1. The fourth-order valence-corrected chi connectivity index (χ4v) is 2.09. The first kappa shape index (κ1) is 14.5. The maximum Gasteiger partial charge on any atom is 0.0447 e. The summed E-state index contributed by atoms with van der Waals surface area (Å²) in [6.45, 7) is 3.71. The Morgan fingerprint density at radius 2 is 2.18 bits per heavy atom. The minimum atomic E-state index is 0.158. The number of aliphatic hydroxyl groups excluding tert-OH is 1. The normalized spacial score (nSPS) is 12.7. The van der Waals surface area contributed by atoms with Gasteiger partial charge in [0.1, 0.15) is 0 Å². The Labute approximate surface area is 108 Å². The lowest BCUT2D eigenvalue weighted by atomic mass is 10.0. The summed E-state index contributed by atoms with van der Waals surface area (Å²) in [6, 6.07) is 6.02. The number of hydrogen-bond donors (Lipinski definition) is 3. The number of rotatable bonds is 7. The molecule has 1 atom stereocenters. The van der Waals surface area contributed by atoms with Crippen LogP contribution in [0.15, 0.2) is 18.2 Å². The molecule has 1 aromatic rings. The Morgan fingerprint density at radius 1 is 1.41 bits per heavy atom. The van der Waals surface area contributed by atoms with Crippen LogP contribution in [0.4, 0.5) is 0 Å². The van der Waals surface area contributed by atoms with E-state index in [9.17, 15) is 0 Å². The Morgan fingerprint density at radius 3 is 2.76 bits per heavy atom. The maximum atomic E-state index is 8.71. The molecule has 0 saturated heterocycles. The van der Waals surface area contributed by atoms with Crippen molar-refractivity contribution in [2.75, 3.05) is 19.7 Å². The Balaban J connectivity index is 2.59. The van der Waals surface area contributed by atoms with Crippen molar-refractivity contribution in [1.82, 2.24) is 5.32 Å². The molecule has 0 fully saturated rings. The van der Waals surface area contributed by atoms with E-state index in [1.165, 1.54) is 5.56 Å². The molecule has 0 aliphatic carbocycles. The van der Waals surface area contributed by atoms with Crippen molar-refractivity contribution < 1.29 is 5.11 Å². The average molecular weight is 257 g/mol. The minimum absolute atomic E-state index is 0.158. The summed E-state index contributed by atoms with van der Waals surface area (Å²) in [6.07, 6.45) is 1.78. The highest BCUT2D eigenvalue weighted by Gasteiger charge is 2.11. The van der Waals surface area contributed by atoms with Crippen molar-refractivity contribution in [2.45, 2.75) is 25.8 Å². The average Bonchev–Trinajstić information content (AvgIpc) is 2.31. The van der Waals surface area contributed by atoms with Gasteiger partial charge in [-0.3, -0.25) is 0 Å². The third-order valence-corrected chi connectivity index (χ3v) is 3.05. The quantitative estimate of drug-likeness (QED) is 0.654. The van der Waals surface area contributed by atoms with E-state index in [1.54, 1.807) is 0 Å². The second kappa shape index (κ2) is 7.67. The number of nitrogens with one attached hydrogen (secondary N) is 1. The van der Waals surface area contributed by atoms with Gasteiger partial charge in [0.05, 0.1) is 0 Å². The molecule has 0 amide bonds. The number of unbranched alkanes of at least 4 members (excludes halogenated alkanes) is 1. The third-order valence-electron chi connectivity index (χ3n) is 2.82. The lowest BCUT2D eigenvalue weighted by Crippen LogP contribution is -2.29. The zero-order valence-corrected chi connectivity index (χ0v) is 11.0. The number of hydrogen-bond acceptors (Lipinski definition) is 3. The molecular weight excluding hydrogens is 236 g/mol. The highest BCUT2D eigenvalue weighted by atomic mass is 35.5. The van der Waals surface area contributed by atoms with Crippen LogP contribution >= 0.6 is 11.6 Å². The molecule has 0 bridgehead atoms. The van der Waals surface area contributed by atoms with Gasteiger partial charge in [0, 0.05) is 24.2 Å². The molecular formula is C13H21ClN2O. The predicted octanol–water partition coefficient (Wildman–Crippen LogP) is 2.01. The summed E-state index contributed by atoms with van der Waals surface area (Å²) in [5, 5.41) is 12.9. The molecule has 3 nitrogen and oxygen atoms in total. The van der Waals surface area contributed by atoms with Gasteiger partial charge in [-0.1, -0.05) is 17.7 Å². The molecule has 4 heteroatoms. The second-order valence-corrected chi connectivity index (χ2v) is 4.61. The summed E-state index contributed by atoms with van der Waals surface area (Å²) in [7, 11) is 0. The summed E-state index contributed by atoms with van der Waals surface area (Å²) >= 11 is 5.93. The van der Waals surface area contributed by atoms with Gasteiger partial charge in [0.15, 0.2) is 0 Å². The van der Waals surface area contributed by atoms with E-state index in [0.717, 1.165) is 30.0 Å². The fraction of sp³-hybridized carbons (Fsp3) is 0.538. The van der Waals surface area contributed by atoms with Gasteiger partial charge in [0.25, 0.3) is 0 Å². The molecule has 4 N–H and O–H groups in total. The van der Waals surface area contributed by atoms with Crippen molar-refractivity contribution >= 4 is 11.6 Å². The first-order valence-electron chi connectivity index (χ1n) is 5.99. The summed E-state index contributed by atoms with van der Waals surface area (Å²) < 4.78 is 0. The molecule has 0 spiro atoms. The molecule has 0 saturated carbocycles. The Bertz CT molecular complexity index is 344. The number of benzene rings is 1. The molecule has 1 rings (SSSR count). The topological polar surface area (TPSA) is 58.3 Å². The molecule has 0 radical (unpaired) electrons. The van der Waals surface area contributed by atoms with Crippen molar-refractivity contribution in [2.24, 2.45) is 5.73 Å². The van der Waals surface area contributed by atoms with Gasteiger partial charge >= 0.3 is 0 Å². The summed E-state index contributed by atoms with van der Waals surface area (Å²) in [4.78, 5) is 0. The largest absolute Gasteiger partial charge is 0.396 e. The highest BCUT2D eigenvalue weighted by molar-refractivity contribution is 6.30. The van der Waals surface area contributed by atoms with E-state index in [0.29, 0.717) is 6.54 Å². The van der Waals surface area contributed by atoms with Crippen LogP contribution in [0.1, 0.15) is 30.0 Å². The van der Waals surface area contributed by atoms with Crippen LogP contribution in [0, 0.1) is 6.92 Å². The predicted molar refractivity (Wildman–Crippen MR) is 72.3 cm³/mol. The van der Waals surface area contributed by atoms with E-state index in [2.05, 4.69) is 5.32 Å². The Kier molecular flexibility index (Phi) is 6.52. The van der Waals surface area contributed by atoms with Gasteiger partial charge in [-0.25, -0.2) is 0 Å². The number of halogens is 1. The second-order valence-electron chi connectivity index (χ2n) is 4.17. The fourth-order valence-electron chi connectivity index (χ4n) is 1.86. The maximum absolute atomic E-state index is 8.71. The van der Waals surface area contributed by atoms with Crippen LogP contribution in [0.25, 0.3) is 0 Å². The van der Waals surface area contributed by atoms with E-state index in [1.807, 2.05) is 25.1 Å². The van der Waals surface area contributed by atoms with E-state index in [4.69, 9.17) is 22.4 Å². The van der Waals surface area contributed by atoms with Crippen molar-refractivity contribution in [3.05, 3.63) is 34.3 Å². The first-order valence-corrected chi connectivity index (χ1v) is 6.37. The van der Waals surface area contributed by atoms with Crippen molar-refractivity contribution in [1.29, 1.82) is 0 Å². The van der Waals surface area contributed by atoms with E-state index in [-0.39, 0.29) is 12.6 Å². The zero-order chi connectivity index (χ0) is 12.7. The van der Waals surface area contributed by atoms with Gasteiger partial charge < -0.3 is 16.2 Å². The molecule has 1 aromatic carbocycles. The van der Waals surface area contributed by atoms with Crippen LogP contribution in [0.5, 0.6) is 0 Å². The first-order chi connectivity index (χ1) is 8.19. The van der Waals surface area contributed by atoms with E-state index >= 15 is 0 Å². The number of aryl methyl sites for hydroxylation is 1.